The Morgan fingerprint density at radius 1 is 1.00 bits per heavy atom. The van der Waals surface area contributed by atoms with Crippen molar-refractivity contribution in [3.8, 4) is 5.75 Å². The Bertz CT molecular complexity index is 939. The third-order valence-electron chi connectivity index (χ3n) is 3.81. The Hall–Kier alpha value is -1.62. The smallest absolute Gasteiger partial charge is 0.119 e. The molecule has 0 bridgehead atoms. The van der Waals surface area contributed by atoms with Crippen LogP contribution in [0.4, 0.5) is 5.69 Å². The molecular formula is C21H16Br2ClNO. The normalized spacial score (nSPS) is 11.1. The number of rotatable bonds is 5. The Balaban J connectivity index is 1.64. The highest BCUT2D eigenvalue weighted by Crippen LogP contribution is 2.24. The third kappa shape index (κ3) is 5.19. The molecule has 0 N–H and O–H groups in total. The van der Waals surface area contributed by atoms with E-state index in [-0.39, 0.29) is 0 Å². The molecular weight excluding hydrogens is 477 g/mol. The number of aryl methyl sites for hydroxylation is 1. The van der Waals surface area contributed by atoms with Crippen LogP contribution in [0.3, 0.4) is 0 Å². The van der Waals surface area contributed by atoms with Gasteiger partial charge in [0.15, 0.2) is 0 Å². The first-order valence-corrected chi connectivity index (χ1v) is 9.95. The maximum absolute atomic E-state index is 6.03. The van der Waals surface area contributed by atoms with Crippen LogP contribution in [0.15, 0.2) is 74.6 Å². The summed E-state index contributed by atoms with van der Waals surface area (Å²) in [5.41, 5.74) is 4.06. The minimum Gasteiger partial charge on any atom is -0.489 e. The third-order valence-corrected chi connectivity index (χ3v) is 5.28. The molecule has 0 amide bonds. The largest absolute Gasteiger partial charge is 0.489 e. The van der Waals surface area contributed by atoms with E-state index in [9.17, 15) is 0 Å². The number of ether oxygens (including phenoxy) is 1. The molecule has 0 radical (unpaired) electrons. The molecule has 0 heterocycles. The second-order valence-corrected chi connectivity index (χ2v) is 7.99. The first-order chi connectivity index (χ1) is 12.5. The van der Waals surface area contributed by atoms with Gasteiger partial charge in [-0.3, -0.25) is 4.99 Å². The van der Waals surface area contributed by atoms with Gasteiger partial charge in [-0.1, -0.05) is 55.6 Å². The molecule has 3 aromatic carbocycles. The maximum atomic E-state index is 6.03. The Kier molecular flexibility index (Phi) is 6.52. The average Bonchev–Trinajstić information content (AvgIpc) is 2.63. The Morgan fingerprint density at radius 3 is 2.50 bits per heavy atom. The van der Waals surface area contributed by atoms with Crippen LogP contribution in [0.2, 0.25) is 5.02 Å². The summed E-state index contributed by atoms with van der Waals surface area (Å²) in [5, 5.41) is 0.686. The van der Waals surface area contributed by atoms with Crippen LogP contribution in [0.5, 0.6) is 5.75 Å². The van der Waals surface area contributed by atoms with E-state index in [0.29, 0.717) is 11.6 Å². The van der Waals surface area contributed by atoms with Gasteiger partial charge in [-0.15, -0.1) is 0 Å². The SMILES string of the molecule is Cc1ccc(Cl)cc1N=Cc1ccc(OCc2ccc(Br)cc2Br)cc1. The van der Waals surface area contributed by atoms with Crippen molar-refractivity contribution in [1.29, 1.82) is 0 Å². The quantitative estimate of drug-likeness (QED) is 0.337. The molecule has 5 heteroatoms. The summed E-state index contributed by atoms with van der Waals surface area (Å²) in [6, 6.07) is 19.6. The van der Waals surface area contributed by atoms with Crippen molar-refractivity contribution in [2.75, 3.05) is 0 Å². The first kappa shape index (κ1) is 19.2. The van der Waals surface area contributed by atoms with Gasteiger partial charge < -0.3 is 4.74 Å². The van der Waals surface area contributed by atoms with Gasteiger partial charge in [0.25, 0.3) is 0 Å². The van der Waals surface area contributed by atoms with Crippen LogP contribution in [0.25, 0.3) is 0 Å². The lowest BCUT2D eigenvalue weighted by Crippen LogP contribution is -1.96. The zero-order valence-corrected chi connectivity index (χ0v) is 18.0. The maximum Gasteiger partial charge on any atom is 0.119 e. The summed E-state index contributed by atoms with van der Waals surface area (Å²) in [4.78, 5) is 4.52. The molecule has 0 atom stereocenters. The Labute approximate surface area is 175 Å². The number of benzene rings is 3. The van der Waals surface area contributed by atoms with Crippen LogP contribution < -0.4 is 4.74 Å². The zero-order chi connectivity index (χ0) is 18.5. The molecule has 0 aliphatic rings. The van der Waals surface area contributed by atoms with Gasteiger partial charge in [-0.2, -0.15) is 0 Å². The summed E-state index contributed by atoms with van der Waals surface area (Å²) < 4.78 is 7.91. The van der Waals surface area contributed by atoms with Crippen molar-refractivity contribution in [3.63, 3.8) is 0 Å². The van der Waals surface area contributed by atoms with Gasteiger partial charge in [-0.05, 0) is 66.6 Å². The van der Waals surface area contributed by atoms with Crippen molar-refractivity contribution in [2.24, 2.45) is 4.99 Å². The van der Waals surface area contributed by atoms with E-state index in [2.05, 4.69) is 36.9 Å². The molecule has 0 aromatic heterocycles. The van der Waals surface area contributed by atoms with Crippen LogP contribution in [-0.2, 0) is 6.61 Å². The van der Waals surface area contributed by atoms with Gasteiger partial charge in [0, 0.05) is 25.7 Å². The second-order valence-electron chi connectivity index (χ2n) is 5.78. The Morgan fingerprint density at radius 2 is 1.77 bits per heavy atom. The average molecular weight is 494 g/mol. The predicted octanol–water partition coefficient (Wildman–Crippen LogP) is 7.50. The number of hydrogen-bond acceptors (Lipinski definition) is 2. The number of hydrogen-bond donors (Lipinski definition) is 0. The molecule has 132 valence electrons. The molecule has 0 fully saturated rings. The highest BCUT2D eigenvalue weighted by atomic mass is 79.9. The minimum absolute atomic E-state index is 0.503. The molecule has 0 aliphatic carbocycles. The van der Waals surface area contributed by atoms with Crippen molar-refractivity contribution in [3.05, 3.63) is 91.3 Å². The lowest BCUT2D eigenvalue weighted by atomic mass is 10.2. The summed E-state index contributed by atoms with van der Waals surface area (Å²) in [6.07, 6.45) is 1.83. The first-order valence-electron chi connectivity index (χ1n) is 7.98. The summed E-state index contributed by atoms with van der Waals surface area (Å²) in [6.45, 7) is 2.52. The standard InChI is InChI=1S/C21H16Br2ClNO/c1-14-2-7-18(24)11-21(14)25-12-15-3-8-19(9-4-15)26-13-16-5-6-17(22)10-20(16)23/h2-12H,13H2,1H3. The molecule has 0 unspecified atom stereocenters. The fraction of sp³-hybridized carbons (Fsp3) is 0.0952. The highest BCUT2D eigenvalue weighted by molar-refractivity contribution is 9.11. The van der Waals surface area contributed by atoms with Gasteiger partial charge in [0.2, 0.25) is 0 Å². The van der Waals surface area contributed by atoms with E-state index >= 15 is 0 Å². The van der Waals surface area contributed by atoms with E-state index in [1.54, 1.807) is 0 Å². The van der Waals surface area contributed by atoms with Crippen LogP contribution in [0, 0.1) is 6.92 Å². The molecule has 0 aliphatic heterocycles. The fourth-order valence-electron chi connectivity index (χ4n) is 2.32. The van der Waals surface area contributed by atoms with E-state index in [1.807, 2.05) is 73.8 Å². The predicted molar refractivity (Wildman–Crippen MR) is 116 cm³/mol. The lowest BCUT2D eigenvalue weighted by Gasteiger charge is -2.08. The zero-order valence-electron chi connectivity index (χ0n) is 14.0. The highest BCUT2D eigenvalue weighted by Gasteiger charge is 2.02. The monoisotopic (exact) mass is 491 g/mol. The molecule has 2 nitrogen and oxygen atoms in total. The number of halogens is 3. The van der Waals surface area contributed by atoms with Gasteiger partial charge in [0.05, 0.1) is 5.69 Å². The van der Waals surface area contributed by atoms with Crippen LogP contribution in [-0.4, -0.2) is 6.21 Å². The summed E-state index contributed by atoms with van der Waals surface area (Å²) in [5.74, 6) is 0.816. The number of nitrogens with zero attached hydrogens (tertiary/aromatic N) is 1. The molecule has 26 heavy (non-hydrogen) atoms. The topological polar surface area (TPSA) is 21.6 Å². The van der Waals surface area contributed by atoms with E-state index < -0.39 is 0 Å². The molecule has 3 aromatic rings. The minimum atomic E-state index is 0.503. The molecule has 3 rings (SSSR count). The van der Waals surface area contributed by atoms with Gasteiger partial charge >= 0.3 is 0 Å². The van der Waals surface area contributed by atoms with Crippen molar-refractivity contribution < 1.29 is 4.74 Å². The van der Waals surface area contributed by atoms with E-state index in [1.165, 1.54) is 0 Å². The number of aliphatic imine (C=N–C) groups is 1. The van der Waals surface area contributed by atoms with Crippen LogP contribution in [0.1, 0.15) is 16.7 Å². The summed E-state index contributed by atoms with van der Waals surface area (Å²) in [7, 11) is 0. The van der Waals surface area contributed by atoms with Crippen molar-refractivity contribution >= 4 is 55.4 Å². The van der Waals surface area contributed by atoms with Crippen LogP contribution >= 0.6 is 43.5 Å². The fourth-order valence-corrected chi connectivity index (χ4v) is 3.64. The van der Waals surface area contributed by atoms with Crippen molar-refractivity contribution in [2.45, 2.75) is 13.5 Å². The van der Waals surface area contributed by atoms with Gasteiger partial charge in [-0.25, -0.2) is 0 Å². The lowest BCUT2D eigenvalue weighted by molar-refractivity contribution is 0.305. The molecule has 0 spiro atoms. The van der Waals surface area contributed by atoms with Gasteiger partial charge in [0.1, 0.15) is 12.4 Å². The second kappa shape index (κ2) is 8.85. The van der Waals surface area contributed by atoms with Crippen molar-refractivity contribution in [1.82, 2.24) is 0 Å². The molecule has 0 saturated heterocycles. The van der Waals surface area contributed by atoms with E-state index in [0.717, 1.165) is 37.1 Å². The molecule has 0 saturated carbocycles. The van der Waals surface area contributed by atoms with E-state index in [4.69, 9.17) is 16.3 Å². The summed E-state index contributed by atoms with van der Waals surface area (Å²) >= 11 is 13.0.